The van der Waals surface area contributed by atoms with Crippen LogP contribution in [-0.2, 0) is 13.0 Å². The monoisotopic (exact) mass is 244 g/mol. The van der Waals surface area contributed by atoms with E-state index in [9.17, 15) is 0 Å². The van der Waals surface area contributed by atoms with Gasteiger partial charge in [-0.25, -0.2) is 4.98 Å². The van der Waals surface area contributed by atoms with Crippen LogP contribution in [0.1, 0.15) is 19.4 Å². The molecule has 0 amide bonds. The lowest BCUT2D eigenvalue weighted by molar-refractivity contribution is 0.660. The number of imidazole rings is 1. The zero-order valence-corrected chi connectivity index (χ0v) is 11.0. The highest BCUT2D eigenvalue weighted by Gasteiger charge is 2.03. The first-order chi connectivity index (χ1) is 8.75. The summed E-state index contributed by atoms with van der Waals surface area (Å²) in [7, 11) is 0. The smallest absolute Gasteiger partial charge is 0.202 e. The molecular weight excluding hydrogens is 224 g/mol. The Labute approximate surface area is 108 Å². The Hall–Kier alpha value is -1.84. The maximum atomic E-state index is 4.34. The Morgan fingerprint density at radius 1 is 1.33 bits per heavy atom. The minimum Gasteiger partial charge on any atom is -0.355 e. The first-order valence-electron chi connectivity index (χ1n) is 6.39. The molecule has 4 nitrogen and oxygen atoms in total. The van der Waals surface area contributed by atoms with Crippen LogP contribution in [0.5, 0.6) is 0 Å². The van der Waals surface area contributed by atoms with Crippen molar-refractivity contribution in [2.75, 3.05) is 11.9 Å². The summed E-state index contributed by atoms with van der Waals surface area (Å²) in [5, 5.41) is 3.37. The topological polar surface area (TPSA) is 42.7 Å². The van der Waals surface area contributed by atoms with Crippen molar-refractivity contribution < 1.29 is 0 Å². The van der Waals surface area contributed by atoms with E-state index in [0.29, 0.717) is 5.92 Å². The van der Waals surface area contributed by atoms with Crippen LogP contribution in [0.4, 0.5) is 5.95 Å². The minimum absolute atomic E-state index is 0.619. The van der Waals surface area contributed by atoms with Crippen molar-refractivity contribution in [1.29, 1.82) is 0 Å². The van der Waals surface area contributed by atoms with Crippen molar-refractivity contribution in [2.24, 2.45) is 5.92 Å². The van der Waals surface area contributed by atoms with E-state index in [1.54, 1.807) is 6.20 Å². The fraction of sp³-hybridized carbons (Fsp3) is 0.429. The average molecular weight is 244 g/mol. The van der Waals surface area contributed by atoms with E-state index in [4.69, 9.17) is 0 Å². The third kappa shape index (κ3) is 3.58. The standard InChI is InChI=1S/C14H20N4/c1-12(2)10-17-14-16-7-9-18(14)8-5-13-4-3-6-15-11-13/h3-4,6-7,9,11-12H,5,8,10H2,1-2H3,(H,16,17). The van der Waals surface area contributed by atoms with Gasteiger partial charge in [-0.1, -0.05) is 19.9 Å². The number of pyridine rings is 1. The Kier molecular flexibility index (Phi) is 4.34. The van der Waals surface area contributed by atoms with E-state index in [0.717, 1.165) is 25.5 Å². The van der Waals surface area contributed by atoms with Crippen LogP contribution in [0.15, 0.2) is 36.9 Å². The van der Waals surface area contributed by atoms with E-state index in [-0.39, 0.29) is 0 Å². The molecule has 2 heterocycles. The molecule has 0 aromatic carbocycles. The van der Waals surface area contributed by atoms with Gasteiger partial charge in [0.15, 0.2) is 0 Å². The van der Waals surface area contributed by atoms with Crippen molar-refractivity contribution in [2.45, 2.75) is 26.8 Å². The Bertz CT molecular complexity index is 462. The molecular formula is C14H20N4. The SMILES string of the molecule is CC(C)CNc1nccn1CCc1cccnc1. The molecule has 0 aliphatic heterocycles. The molecule has 0 aliphatic rings. The van der Waals surface area contributed by atoms with Crippen LogP contribution in [0.3, 0.4) is 0 Å². The van der Waals surface area contributed by atoms with E-state index in [2.05, 4.69) is 39.8 Å². The lowest BCUT2D eigenvalue weighted by Crippen LogP contribution is -2.13. The number of hydrogen-bond donors (Lipinski definition) is 1. The van der Waals surface area contributed by atoms with Crippen LogP contribution in [0, 0.1) is 5.92 Å². The summed E-state index contributed by atoms with van der Waals surface area (Å²) in [4.78, 5) is 8.46. The maximum absolute atomic E-state index is 4.34. The molecule has 0 atom stereocenters. The molecule has 2 aromatic rings. The van der Waals surface area contributed by atoms with Gasteiger partial charge >= 0.3 is 0 Å². The first kappa shape index (κ1) is 12.6. The summed E-state index contributed by atoms with van der Waals surface area (Å²) < 4.78 is 2.15. The molecule has 0 aliphatic carbocycles. The van der Waals surface area contributed by atoms with Gasteiger partial charge in [-0.05, 0) is 24.0 Å². The highest BCUT2D eigenvalue weighted by molar-refractivity contribution is 5.26. The highest BCUT2D eigenvalue weighted by Crippen LogP contribution is 2.08. The van der Waals surface area contributed by atoms with Crippen molar-refractivity contribution in [3.05, 3.63) is 42.5 Å². The van der Waals surface area contributed by atoms with Gasteiger partial charge < -0.3 is 9.88 Å². The van der Waals surface area contributed by atoms with Gasteiger partial charge in [0.1, 0.15) is 0 Å². The van der Waals surface area contributed by atoms with Crippen LogP contribution >= 0.6 is 0 Å². The molecule has 0 spiro atoms. The third-order valence-electron chi connectivity index (χ3n) is 2.75. The highest BCUT2D eigenvalue weighted by atomic mass is 15.2. The minimum atomic E-state index is 0.619. The summed E-state index contributed by atoms with van der Waals surface area (Å²) in [6.45, 7) is 6.25. The van der Waals surface area contributed by atoms with Crippen LogP contribution in [0.2, 0.25) is 0 Å². The van der Waals surface area contributed by atoms with Crippen molar-refractivity contribution in [3.63, 3.8) is 0 Å². The lowest BCUT2D eigenvalue weighted by Gasteiger charge is -2.11. The van der Waals surface area contributed by atoms with Crippen molar-refractivity contribution in [3.8, 4) is 0 Å². The quantitative estimate of drug-likeness (QED) is 0.849. The van der Waals surface area contributed by atoms with Gasteiger partial charge in [-0.2, -0.15) is 0 Å². The Morgan fingerprint density at radius 2 is 2.22 bits per heavy atom. The zero-order chi connectivity index (χ0) is 12.8. The summed E-state index contributed by atoms with van der Waals surface area (Å²) in [5.41, 5.74) is 1.25. The normalized spacial score (nSPS) is 10.8. The summed E-state index contributed by atoms with van der Waals surface area (Å²) in [6.07, 6.45) is 8.54. The zero-order valence-electron chi connectivity index (χ0n) is 11.0. The predicted molar refractivity (Wildman–Crippen MR) is 73.5 cm³/mol. The number of nitrogens with zero attached hydrogens (tertiary/aromatic N) is 3. The molecule has 4 heteroatoms. The summed E-state index contributed by atoms with van der Waals surface area (Å²) in [5.74, 6) is 1.57. The molecule has 0 radical (unpaired) electrons. The van der Waals surface area contributed by atoms with Gasteiger partial charge in [0, 0.05) is 37.9 Å². The van der Waals surface area contributed by atoms with Crippen LogP contribution in [0.25, 0.3) is 0 Å². The van der Waals surface area contributed by atoms with Gasteiger partial charge in [-0.15, -0.1) is 0 Å². The average Bonchev–Trinajstić information content (AvgIpc) is 2.82. The lowest BCUT2D eigenvalue weighted by atomic mass is 10.2. The number of rotatable bonds is 6. The van der Waals surface area contributed by atoms with Crippen molar-refractivity contribution in [1.82, 2.24) is 14.5 Å². The molecule has 2 rings (SSSR count). The summed E-state index contributed by atoms with van der Waals surface area (Å²) >= 11 is 0. The molecule has 1 N–H and O–H groups in total. The van der Waals surface area contributed by atoms with E-state index in [1.165, 1.54) is 5.56 Å². The number of anilines is 1. The van der Waals surface area contributed by atoms with Gasteiger partial charge in [0.25, 0.3) is 0 Å². The van der Waals surface area contributed by atoms with Crippen molar-refractivity contribution >= 4 is 5.95 Å². The van der Waals surface area contributed by atoms with Crippen LogP contribution < -0.4 is 5.32 Å². The van der Waals surface area contributed by atoms with Crippen LogP contribution in [-0.4, -0.2) is 21.1 Å². The molecule has 0 saturated heterocycles. The molecule has 2 aromatic heterocycles. The van der Waals surface area contributed by atoms with E-state index >= 15 is 0 Å². The number of nitrogens with one attached hydrogen (secondary N) is 1. The van der Waals surface area contributed by atoms with E-state index in [1.807, 2.05) is 24.7 Å². The predicted octanol–water partition coefficient (Wildman–Crippen LogP) is 2.59. The first-order valence-corrected chi connectivity index (χ1v) is 6.39. The molecule has 96 valence electrons. The van der Waals surface area contributed by atoms with Gasteiger partial charge in [0.05, 0.1) is 0 Å². The third-order valence-corrected chi connectivity index (χ3v) is 2.75. The van der Waals surface area contributed by atoms with Gasteiger partial charge in [0.2, 0.25) is 5.95 Å². The number of hydrogen-bond acceptors (Lipinski definition) is 3. The number of aryl methyl sites for hydroxylation is 2. The molecule has 18 heavy (non-hydrogen) atoms. The second-order valence-electron chi connectivity index (χ2n) is 4.83. The molecule has 0 saturated carbocycles. The molecule has 0 bridgehead atoms. The fourth-order valence-electron chi connectivity index (χ4n) is 1.75. The summed E-state index contributed by atoms with van der Waals surface area (Å²) in [6, 6.07) is 4.08. The van der Waals surface area contributed by atoms with E-state index < -0.39 is 0 Å². The maximum Gasteiger partial charge on any atom is 0.202 e. The Morgan fingerprint density at radius 3 is 2.94 bits per heavy atom. The second-order valence-corrected chi connectivity index (χ2v) is 4.83. The largest absolute Gasteiger partial charge is 0.355 e. The Balaban J connectivity index is 1.91. The molecule has 0 unspecified atom stereocenters. The fourth-order valence-corrected chi connectivity index (χ4v) is 1.75. The number of aromatic nitrogens is 3. The molecule has 0 fully saturated rings. The van der Waals surface area contributed by atoms with Gasteiger partial charge in [-0.3, -0.25) is 4.98 Å². The second kappa shape index (κ2) is 6.19.